The second-order valence-corrected chi connectivity index (χ2v) is 8.29. The van der Waals surface area contributed by atoms with E-state index in [9.17, 15) is 19.5 Å². The van der Waals surface area contributed by atoms with Gasteiger partial charge in [0.2, 0.25) is 0 Å². The molecule has 1 amide bonds. The second kappa shape index (κ2) is 10.4. The van der Waals surface area contributed by atoms with E-state index in [0.29, 0.717) is 46.8 Å². The molecule has 1 fully saturated rings. The summed E-state index contributed by atoms with van der Waals surface area (Å²) in [7, 11) is 1.54. The van der Waals surface area contributed by atoms with Gasteiger partial charge >= 0.3 is 5.97 Å². The number of methoxy groups -OCH3 is 1. The van der Waals surface area contributed by atoms with Crippen molar-refractivity contribution >= 4 is 29.1 Å². The van der Waals surface area contributed by atoms with Crippen molar-refractivity contribution in [3.05, 3.63) is 94.8 Å². The molecule has 184 valence electrons. The van der Waals surface area contributed by atoms with Crippen LogP contribution in [0.25, 0.3) is 5.76 Å². The Balaban J connectivity index is 1.82. The lowest BCUT2D eigenvalue weighted by Gasteiger charge is -2.25. The highest BCUT2D eigenvalue weighted by Crippen LogP contribution is 2.42. The van der Waals surface area contributed by atoms with E-state index in [0.717, 1.165) is 0 Å². The summed E-state index contributed by atoms with van der Waals surface area (Å²) >= 11 is 0. The Labute approximate surface area is 208 Å². The standard InChI is InChI=1S/C28H26N2O6/c1-4-15-36-28(34)18-8-10-19(11-9-18)30-24(22-7-5-6-14-29-22)23(26(32)27(30)33)25(31)21-13-12-20(35-3)16-17(21)2/h5-14,16,24,31H,4,15H2,1-3H3/b25-23-. The third-order valence-electron chi connectivity index (χ3n) is 5.92. The number of carbonyl (C=O) groups excluding carboxylic acids is 3. The van der Waals surface area contributed by atoms with Gasteiger partial charge in [0.1, 0.15) is 17.6 Å². The van der Waals surface area contributed by atoms with Crippen LogP contribution in [0.1, 0.15) is 46.6 Å². The number of nitrogens with zero attached hydrogens (tertiary/aromatic N) is 2. The molecule has 0 spiro atoms. The van der Waals surface area contributed by atoms with E-state index in [1.165, 1.54) is 24.1 Å². The van der Waals surface area contributed by atoms with Crippen LogP contribution >= 0.6 is 0 Å². The number of anilines is 1. The Hall–Kier alpha value is -4.46. The van der Waals surface area contributed by atoms with E-state index in [1.807, 2.05) is 6.92 Å². The predicted molar refractivity (Wildman–Crippen MR) is 134 cm³/mol. The van der Waals surface area contributed by atoms with Gasteiger partial charge < -0.3 is 14.6 Å². The summed E-state index contributed by atoms with van der Waals surface area (Å²) in [5, 5.41) is 11.3. The van der Waals surface area contributed by atoms with Crippen LogP contribution in [-0.4, -0.2) is 41.5 Å². The molecule has 1 N–H and O–H groups in total. The quantitative estimate of drug-likeness (QED) is 0.225. The van der Waals surface area contributed by atoms with Gasteiger partial charge in [-0.05, 0) is 73.5 Å². The van der Waals surface area contributed by atoms with Gasteiger partial charge in [0.15, 0.2) is 0 Å². The minimum absolute atomic E-state index is 0.0709. The number of aliphatic hydroxyl groups is 1. The number of benzene rings is 2. The summed E-state index contributed by atoms with van der Waals surface area (Å²) in [6.45, 7) is 3.98. The smallest absolute Gasteiger partial charge is 0.338 e. The monoisotopic (exact) mass is 486 g/mol. The Kier molecular flexibility index (Phi) is 7.15. The Morgan fingerprint density at radius 1 is 1.08 bits per heavy atom. The molecule has 4 rings (SSSR count). The lowest BCUT2D eigenvalue weighted by molar-refractivity contribution is -0.132. The van der Waals surface area contributed by atoms with Crippen LogP contribution in [0.4, 0.5) is 5.69 Å². The molecular formula is C28H26N2O6. The molecule has 1 aliphatic heterocycles. The van der Waals surface area contributed by atoms with Crippen LogP contribution in [0, 0.1) is 6.92 Å². The van der Waals surface area contributed by atoms with Crippen molar-refractivity contribution in [2.75, 3.05) is 18.6 Å². The van der Waals surface area contributed by atoms with Crippen molar-refractivity contribution in [3.63, 3.8) is 0 Å². The molecule has 1 unspecified atom stereocenters. The van der Waals surface area contributed by atoms with Gasteiger partial charge in [-0.15, -0.1) is 0 Å². The molecular weight excluding hydrogens is 460 g/mol. The minimum Gasteiger partial charge on any atom is -0.507 e. The molecule has 2 aromatic carbocycles. The van der Waals surface area contributed by atoms with E-state index in [1.54, 1.807) is 61.7 Å². The van der Waals surface area contributed by atoms with Crippen LogP contribution in [0.3, 0.4) is 0 Å². The summed E-state index contributed by atoms with van der Waals surface area (Å²) in [5.41, 5.74) is 2.13. The van der Waals surface area contributed by atoms with Gasteiger partial charge in [-0.2, -0.15) is 0 Å². The van der Waals surface area contributed by atoms with Crippen molar-refractivity contribution < 1.29 is 29.0 Å². The van der Waals surface area contributed by atoms with Crippen LogP contribution in [0.2, 0.25) is 0 Å². The molecule has 1 saturated heterocycles. The number of hydrogen-bond donors (Lipinski definition) is 1. The zero-order valence-corrected chi connectivity index (χ0v) is 20.2. The largest absolute Gasteiger partial charge is 0.507 e. The molecule has 36 heavy (non-hydrogen) atoms. The predicted octanol–water partition coefficient (Wildman–Crippen LogP) is 4.59. The maximum absolute atomic E-state index is 13.3. The summed E-state index contributed by atoms with van der Waals surface area (Å²) in [5.74, 6) is -1.80. The number of carbonyl (C=O) groups is 3. The molecule has 1 aromatic heterocycles. The highest BCUT2D eigenvalue weighted by atomic mass is 16.5. The lowest BCUT2D eigenvalue weighted by Crippen LogP contribution is -2.29. The van der Waals surface area contributed by atoms with Crippen LogP contribution in [0.5, 0.6) is 5.75 Å². The maximum Gasteiger partial charge on any atom is 0.338 e. The Bertz CT molecular complexity index is 1330. The number of aliphatic hydroxyl groups excluding tert-OH is 1. The van der Waals surface area contributed by atoms with Crippen molar-refractivity contribution in [1.29, 1.82) is 0 Å². The number of Topliss-reactive ketones (excluding diaryl/α,β-unsaturated/α-hetero) is 1. The highest BCUT2D eigenvalue weighted by molar-refractivity contribution is 6.51. The number of pyridine rings is 1. The van der Waals surface area contributed by atoms with Gasteiger partial charge in [-0.1, -0.05) is 13.0 Å². The van der Waals surface area contributed by atoms with Crippen LogP contribution in [-0.2, 0) is 14.3 Å². The summed E-state index contributed by atoms with van der Waals surface area (Å²) in [6.07, 6.45) is 2.26. The van der Waals surface area contributed by atoms with Crippen LogP contribution < -0.4 is 9.64 Å². The number of hydrogen-bond acceptors (Lipinski definition) is 7. The van der Waals surface area contributed by atoms with Gasteiger partial charge in [0.05, 0.1) is 30.5 Å². The summed E-state index contributed by atoms with van der Waals surface area (Å²) in [4.78, 5) is 44.4. The third kappa shape index (κ3) is 4.57. The third-order valence-corrected chi connectivity index (χ3v) is 5.92. The van der Waals surface area contributed by atoms with Gasteiger partial charge in [0, 0.05) is 17.4 Å². The molecule has 1 atom stereocenters. The molecule has 0 radical (unpaired) electrons. The fourth-order valence-corrected chi connectivity index (χ4v) is 4.13. The molecule has 8 nitrogen and oxygen atoms in total. The number of esters is 1. The summed E-state index contributed by atoms with van der Waals surface area (Å²) in [6, 6.07) is 15.5. The Morgan fingerprint density at radius 2 is 1.83 bits per heavy atom. The van der Waals surface area contributed by atoms with E-state index < -0.39 is 23.7 Å². The first kappa shape index (κ1) is 24.7. The molecule has 0 aliphatic carbocycles. The van der Waals surface area contributed by atoms with Crippen molar-refractivity contribution in [2.45, 2.75) is 26.3 Å². The molecule has 0 bridgehead atoms. The molecule has 1 aliphatic rings. The first-order valence-corrected chi connectivity index (χ1v) is 11.5. The van der Waals surface area contributed by atoms with Crippen LogP contribution in [0.15, 0.2) is 72.4 Å². The van der Waals surface area contributed by atoms with E-state index >= 15 is 0 Å². The minimum atomic E-state index is -0.967. The SMILES string of the molecule is CCCOC(=O)c1ccc(N2C(=O)C(=O)/C(=C(\O)c3ccc(OC)cc3C)C2c2ccccn2)cc1. The number of aryl methyl sites for hydroxylation is 1. The van der Waals surface area contributed by atoms with Gasteiger partial charge in [-0.3, -0.25) is 19.5 Å². The zero-order chi connectivity index (χ0) is 25.8. The molecule has 8 heteroatoms. The van der Waals surface area contributed by atoms with E-state index in [4.69, 9.17) is 9.47 Å². The number of ketones is 1. The first-order chi connectivity index (χ1) is 17.4. The molecule has 0 saturated carbocycles. The lowest BCUT2D eigenvalue weighted by atomic mass is 9.96. The number of amides is 1. The van der Waals surface area contributed by atoms with E-state index in [2.05, 4.69) is 4.98 Å². The average Bonchev–Trinajstić information content (AvgIpc) is 3.17. The summed E-state index contributed by atoms with van der Waals surface area (Å²) < 4.78 is 10.4. The second-order valence-electron chi connectivity index (χ2n) is 8.29. The van der Waals surface area contributed by atoms with Gasteiger partial charge in [-0.25, -0.2) is 4.79 Å². The first-order valence-electron chi connectivity index (χ1n) is 11.5. The molecule has 3 aromatic rings. The number of ether oxygens (including phenoxy) is 2. The fourth-order valence-electron chi connectivity index (χ4n) is 4.13. The van der Waals surface area contributed by atoms with Gasteiger partial charge in [0.25, 0.3) is 11.7 Å². The fraction of sp³-hybridized carbons (Fsp3) is 0.214. The number of aromatic nitrogens is 1. The number of rotatable bonds is 7. The Morgan fingerprint density at radius 3 is 2.44 bits per heavy atom. The zero-order valence-electron chi connectivity index (χ0n) is 20.2. The highest BCUT2D eigenvalue weighted by Gasteiger charge is 2.47. The maximum atomic E-state index is 13.3. The normalized spacial score (nSPS) is 16.8. The van der Waals surface area contributed by atoms with Crippen molar-refractivity contribution in [2.24, 2.45) is 0 Å². The van der Waals surface area contributed by atoms with Crippen molar-refractivity contribution in [3.8, 4) is 5.75 Å². The molecule has 2 heterocycles. The van der Waals surface area contributed by atoms with E-state index in [-0.39, 0.29) is 11.3 Å². The average molecular weight is 487 g/mol. The topological polar surface area (TPSA) is 106 Å². The van der Waals surface area contributed by atoms with Crippen molar-refractivity contribution in [1.82, 2.24) is 4.98 Å².